The number of piperidine rings is 1. The van der Waals surface area contributed by atoms with Crippen molar-refractivity contribution in [1.29, 1.82) is 0 Å². The maximum atomic E-state index is 12.9. The molecule has 0 aliphatic carbocycles. The number of aromatic nitrogens is 4. The van der Waals surface area contributed by atoms with E-state index in [2.05, 4.69) is 14.9 Å². The fraction of sp³-hybridized carbons (Fsp3) is 0.360. The number of benzene rings is 2. The first-order valence-corrected chi connectivity index (χ1v) is 11.8. The van der Waals surface area contributed by atoms with Gasteiger partial charge in [0.2, 0.25) is 0 Å². The predicted octanol–water partition coefficient (Wildman–Crippen LogP) is 5.55. The van der Waals surface area contributed by atoms with Gasteiger partial charge in [0, 0.05) is 49.0 Å². The van der Waals surface area contributed by atoms with Crippen molar-refractivity contribution in [1.82, 2.24) is 24.0 Å². The highest BCUT2D eigenvalue weighted by molar-refractivity contribution is 6.31. The monoisotopic (exact) mass is 503 g/mol. The van der Waals surface area contributed by atoms with Crippen LogP contribution in [0, 0.1) is 6.92 Å². The van der Waals surface area contributed by atoms with Gasteiger partial charge in [0.15, 0.2) is 0 Å². The van der Waals surface area contributed by atoms with Crippen LogP contribution in [0.5, 0.6) is 0 Å². The molecular formula is C25H25ClF3N5O. The highest BCUT2D eigenvalue weighted by Gasteiger charge is 2.30. The van der Waals surface area contributed by atoms with Gasteiger partial charge in [-0.05, 0) is 50.1 Å². The van der Waals surface area contributed by atoms with Gasteiger partial charge in [0.05, 0.1) is 22.3 Å². The van der Waals surface area contributed by atoms with Crippen molar-refractivity contribution in [2.45, 2.75) is 38.5 Å². The molecule has 0 bridgehead atoms. The summed E-state index contributed by atoms with van der Waals surface area (Å²) in [5, 5.41) is 0.602. The van der Waals surface area contributed by atoms with Gasteiger partial charge in [-0.25, -0.2) is 9.78 Å². The van der Waals surface area contributed by atoms with Crippen LogP contribution in [0.4, 0.5) is 13.2 Å². The fourth-order valence-electron chi connectivity index (χ4n) is 4.84. The highest BCUT2D eigenvalue weighted by atomic mass is 35.5. The molecule has 0 amide bonds. The molecule has 3 heterocycles. The first-order chi connectivity index (χ1) is 16.6. The van der Waals surface area contributed by atoms with Gasteiger partial charge in [0.25, 0.3) is 0 Å². The lowest BCUT2D eigenvalue weighted by Crippen LogP contribution is -2.37. The SMILES string of the molecule is Cc1[nH]c(-c2ccc(C(F)(F)F)cc2)nc1CN1CCC(n2c(=O)n(C)c3cc(Cl)ccc32)CC1. The van der Waals surface area contributed by atoms with Gasteiger partial charge < -0.3 is 4.98 Å². The average Bonchev–Trinajstić information content (AvgIpc) is 3.31. The van der Waals surface area contributed by atoms with Crippen LogP contribution in [0.1, 0.15) is 35.8 Å². The molecule has 0 atom stereocenters. The Morgan fingerprint density at radius 1 is 1.09 bits per heavy atom. The average molecular weight is 504 g/mol. The molecule has 10 heteroatoms. The van der Waals surface area contributed by atoms with Crippen LogP contribution in [0.15, 0.2) is 47.3 Å². The minimum Gasteiger partial charge on any atom is -0.342 e. The maximum absolute atomic E-state index is 12.9. The fourth-order valence-corrected chi connectivity index (χ4v) is 5.01. The molecule has 5 rings (SSSR count). The van der Waals surface area contributed by atoms with Crippen molar-refractivity contribution < 1.29 is 13.2 Å². The molecule has 1 saturated heterocycles. The van der Waals surface area contributed by atoms with Crippen LogP contribution >= 0.6 is 11.6 Å². The van der Waals surface area contributed by atoms with E-state index in [1.54, 1.807) is 11.6 Å². The van der Waals surface area contributed by atoms with E-state index < -0.39 is 11.7 Å². The minimum atomic E-state index is -4.36. The Kier molecular flexibility index (Phi) is 6.01. The number of fused-ring (bicyclic) bond motifs is 1. The number of alkyl halides is 3. The van der Waals surface area contributed by atoms with Crippen LogP contribution in [-0.4, -0.2) is 37.1 Å². The van der Waals surface area contributed by atoms with E-state index in [1.165, 1.54) is 12.1 Å². The van der Waals surface area contributed by atoms with Gasteiger partial charge in [-0.15, -0.1) is 0 Å². The number of nitrogens with one attached hydrogen (secondary N) is 1. The number of aryl methyl sites for hydroxylation is 2. The van der Waals surface area contributed by atoms with E-state index in [-0.39, 0.29) is 11.7 Å². The molecule has 6 nitrogen and oxygen atoms in total. The number of H-pyrrole nitrogens is 1. The number of imidazole rings is 2. The minimum absolute atomic E-state index is 0.0370. The molecular weight excluding hydrogens is 479 g/mol. The quantitative estimate of drug-likeness (QED) is 0.397. The number of hydrogen-bond donors (Lipinski definition) is 1. The molecule has 1 aliphatic rings. The molecule has 2 aromatic heterocycles. The van der Waals surface area contributed by atoms with E-state index in [1.807, 2.05) is 29.7 Å². The van der Waals surface area contributed by atoms with Crippen LogP contribution in [0.3, 0.4) is 0 Å². The van der Waals surface area contributed by atoms with Crippen LogP contribution in [0.2, 0.25) is 5.02 Å². The number of aromatic amines is 1. The van der Waals surface area contributed by atoms with E-state index >= 15 is 0 Å². The van der Waals surface area contributed by atoms with Crippen molar-refractivity contribution in [3.8, 4) is 11.4 Å². The van der Waals surface area contributed by atoms with Gasteiger partial charge in [-0.2, -0.15) is 13.2 Å². The summed E-state index contributed by atoms with van der Waals surface area (Å²) in [6, 6.07) is 10.6. The van der Waals surface area contributed by atoms with Crippen LogP contribution in [0.25, 0.3) is 22.4 Å². The van der Waals surface area contributed by atoms with Crippen molar-refractivity contribution in [3.05, 3.63) is 74.9 Å². The Hall–Kier alpha value is -3.04. The maximum Gasteiger partial charge on any atom is 0.416 e. The smallest absolute Gasteiger partial charge is 0.342 e. The van der Waals surface area contributed by atoms with E-state index in [0.29, 0.717) is 23.0 Å². The summed E-state index contributed by atoms with van der Waals surface area (Å²) in [4.78, 5) is 23.1. The van der Waals surface area contributed by atoms with Crippen molar-refractivity contribution >= 4 is 22.6 Å². The molecule has 184 valence electrons. The summed E-state index contributed by atoms with van der Waals surface area (Å²) in [6.07, 6.45) is -2.70. The first kappa shape index (κ1) is 23.7. The molecule has 35 heavy (non-hydrogen) atoms. The molecule has 2 aromatic carbocycles. The number of likely N-dealkylation sites (tertiary alicyclic amines) is 1. The first-order valence-electron chi connectivity index (χ1n) is 11.4. The zero-order chi connectivity index (χ0) is 24.9. The standard InChI is InChI=1S/C25H25ClF3N5O/c1-15-20(31-23(30-15)16-3-5-17(6-4-16)25(27,28)29)14-33-11-9-19(10-12-33)34-21-8-7-18(26)13-22(21)32(2)24(34)35/h3-8,13,19H,9-12,14H2,1-2H3,(H,30,31). The molecule has 0 unspecified atom stereocenters. The molecule has 1 N–H and O–H groups in total. The summed E-state index contributed by atoms with van der Waals surface area (Å²) >= 11 is 6.13. The van der Waals surface area contributed by atoms with Crippen molar-refractivity contribution in [2.75, 3.05) is 13.1 Å². The molecule has 1 fully saturated rings. The second kappa shape index (κ2) is 8.87. The van der Waals surface area contributed by atoms with Gasteiger partial charge >= 0.3 is 11.9 Å². The van der Waals surface area contributed by atoms with Gasteiger partial charge in [0.1, 0.15) is 5.82 Å². The Balaban J connectivity index is 1.28. The summed E-state index contributed by atoms with van der Waals surface area (Å²) in [7, 11) is 1.77. The Bertz CT molecular complexity index is 1430. The lowest BCUT2D eigenvalue weighted by molar-refractivity contribution is -0.137. The molecule has 0 saturated carbocycles. The van der Waals surface area contributed by atoms with Gasteiger partial charge in [-0.1, -0.05) is 23.7 Å². The number of rotatable bonds is 4. The highest BCUT2D eigenvalue weighted by Crippen LogP contribution is 2.31. The van der Waals surface area contributed by atoms with E-state index in [0.717, 1.165) is 60.5 Å². The lowest BCUT2D eigenvalue weighted by Gasteiger charge is -2.32. The zero-order valence-corrected chi connectivity index (χ0v) is 20.1. The zero-order valence-electron chi connectivity index (χ0n) is 19.4. The second-order valence-corrected chi connectivity index (χ2v) is 9.52. The predicted molar refractivity (Wildman–Crippen MR) is 129 cm³/mol. The third-order valence-corrected chi connectivity index (χ3v) is 7.05. The Labute approximate surface area is 205 Å². The number of nitrogens with zero attached hydrogens (tertiary/aromatic N) is 4. The van der Waals surface area contributed by atoms with E-state index in [4.69, 9.17) is 11.6 Å². The molecule has 0 radical (unpaired) electrons. The summed E-state index contributed by atoms with van der Waals surface area (Å²) in [5.41, 5.74) is 3.38. The number of hydrogen-bond acceptors (Lipinski definition) is 3. The molecule has 0 spiro atoms. The van der Waals surface area contributed by atoms with Gasteiger partial charge in [-0.3, -0.25) is 14.0 Å². The third-order valence-electron chi connectivity index (χ3n) is 6.82. The molecule has 1 aliphatic heterocycles. The summed E-state index contributed by atoms with van der Waals surface area (Å²) in [6.45, 7) is 4.17. The molecule has 4 aromatic rings. The topological polar surface area (TPSA) is 58.9 Å². The third kappa shape index (κ3) is 4.50. The Morgan fingerprint density at radius 3 is 2.43 bits per heavy atom. The van der Waals surface area contributed by atoms with E-state index in [9.17, 15) is 18.0 Å². The summed E-state index contributed by atoms with van der Waals surface area (Å²) in [5.74, 6) is 0.557. The number of halogens is 4. The second-order valence-electron chi connectivity index (χ2n) is 9.08. The Morgan fingerprint density at radius 2 is 1.77 bits per heavy atom. The normalized spacial score (nSPS) is 15.8. The summed E-state index contributed by atoms with van der Waals surface area (Å²) < 4.78 is 42.1. The van der Waals surface area contributed by atoms with Crippen molar-refractivity contribution in [3.63, 3.8) is 0 Å². The lowest BCUT2D eigenvalue weighted by atomic mass is 10.0. The van der Waals surface area contributed by atoms with Crippen molar-refractivity contribution in [2.24, 2.45) is 7.05 Å². The largest absolute Gasteiger partial charge is 0.416 e. The van der Waals surface area contributed by atoms with Crippen LogP contribution < -0.4 is 5.69 Å². The van der Waals surface area contributed by atoms with Crippen LogP contribution in [-0.2, 0) is 19.8 Å².